The number of nitrogens with zero attached hydrogens (tertiary/aromatic N) is 2. The third kappa shape index (κ3) is 2.47. The monoisotopic (exact) mass is 167 g/mol. The maximum Gasteiger partial charge on any atom is 0.216 e. The molecule has 0 aliphatic rings. The minimum Gasteiger partial charge on any atom is -0.478 e. The SMILES string of the molecule is CCOc1cc(CCN)ncn1. The second-order valence-corrected chi connectivity index (χ2v) is 2.32. The lowest BCUT2D eigenvalue weighted by molar-refractivity contribution is 0.325. The Morgan fingerprint density at radius 3 is 3.00 bits per heavy atom. The molecule has 12 heavy (non-hydrogen) atoms. The molecule has 0 unspecified atom stereocenters. The summed E-state index contributed by atoms with van der Waals surface area (Å²) in [7, 11) is 0. The molecular weight excluding hydrogens is 154 g/mol. The molecule has 4 nitrogen and oxygen atoms in total. The molecule has 1 aromatic rings. The van der Waals surface area contributed by atoms with Gasteiger partial charge in [0.05, 0.1) is 6.61 Å². The van der Waals surface area contributed by atoms with Gasteiger partial charge in [-0.05, 0) is 13.5 Å². The van der Waals surface area contributed by atoms with Crippen LogP contribution in [0, 0.1) is 0 Å². The Balaban J connectivity index is 2.67. The van der Waals surface area contributed by atoms with E-state index in [-0.39, 0.29) is 0 Å². The van der Waals surface area contributed by atoms with Gasteiger partial charge in [-0.1, -0.05) is 0 Å². The van der Waals surface area contributed by atoms with E-state index >= 15 is 0 Å². The average molecular weight is 167 g/mol. The van der Waals surface area contributed by atoms with Gasteiger partial charge in [0.2, 0.25) is 5.88 Å². The third-order valence-corrected chi connectivity index (χ3v) is 1.39. The predicted molar refractivity (Wildman–Crippen MR) is 46.0 cm³/mol. The zero-order valence-electron chi connectivity index (χ0n) is 7.16. The molecule has 0 bridgehead atoms. The average Bonchev–Trinajstić information content (AvgIpc) is 2.06. The van der Waals surface area contributed by atoms with Crippen molar-refractivity contribution in [2.75, 3.05) is 13.2 Å². The first-order chi connectivity index (χ1) is 5.86. The van der Waals surface area contributed by atoms with Crippen LogP contribution in [-0.4, -0.2) is 23.1 Å². The summed E-state index contributed by atoms with van der Waals surface area (Å²) >= 11 is 0. The normalized spacial score (nSPS) is 9.83. The zero-order chi connectivity index (χ0) is 8.81. The Morgan fingerprint density at radius 2 is 2.33 bits per heavy atom. The first-order valence-electron chi connectivity index (χ1n) is 4.00. The fourth-order valence-corrected chi connectivity index (χ4v) is 0.888. The number of aromatic nitrogens is 2. The highest BCUT2D eigenvalue weighted by Crippen LogP contribution is 2.06. The van der Waals surface area contributed by atoms with Crippen molar-refractivity contribution in [2.45, 2.75) is 13.3 Å². The summed E-state index contributed by atoms with van der Waals surface area (Å²) < 4.78 is 5.20. The summed E-state index contributed by atoms with van der Waals surface area (Å²) in [5.41, 5.74) is 6.31. The maximum atomic E-state index is 5.38. The third-order valence-electron chi connectivity index (χ3n) is 1.39. The van der Waals surface area contributed by atoms with Crippen molar-refractivity contribution in [2.24, 2.45) is 5.73 Å². The summed E-state index contributed by atoms with van der Waals surface area (Å²) in [6.07, 6.45) is 2.26. The van der Waals surface area contributed by atoms with E-state index in [4.69, 9.17) is 10.5 Å². The van der Waals surface area contributed by atoms with E-state index in [1.165, 1.54) is 6.33 Å². The van der Waals surface area contributed by atoms with E-state index < -0.39 is 0 Å². The molecule has 0 amide bonds. The Kier molecular flexibility index (Phi) is 3.47. The highest BCUT2D eigenvalue weighted by Gasteiger charge is 1.96. The second-order valence-electron chi connectivity index (χ2n) is 2.32. The molecule has 0 aromatic carbocycles. The van der Waals surface area contributed by atoms with Gasteiger partial charge in [-0.15, -0.1) is 0 Å². The summed E-state index contributed by atoms with van der Waals surface area (Å²) in [6, 6.07) is 1.82. The highest BCUT2D eigenvalue weighted by molar-refractivity contribution is 5.13. The summed E-state index contributed by atoms with van der Waals surface area (Å²) in [4.78, 5) is 7.98. The van der Waals surface area contributed by atoms with Crippen LogP contribution in [0.2, 0.25) is 0 Å². The minimum absolute atomic E-state index is 0.600. The first-order valence-corrected chi connectivity index (χ1v) is 4.00. The fourth-order valence-electron chi connectivity index (χ4n) is 0.888. The lowest BCUT2D eigenvalue weighted by Gasteiger charge is -2.02. The van der Waals surface area contributed by atoms with Crippen molar-refractivity contribution < 1.29 is 4.74 Å². The van der Waals surface area contributed by atoms with E-state index in [0.717, 1.165) is 12.1 Å². The largest absolute Gasteiger partial charge is 0.478 e. The molecule has 1 aromatic heterocycles. The van der Waals surface area contributed by atoms with Gasteiger partial charge in [0.1, 0.15) is 6.33 Å². The lowest BCUT2D eigenvalue weighted by atomic mass is 10.3. The van der Waals surface area contributed by atoms with Crippen LogP contribution in [0.5, 0.6) is 5.88 Å². The van der Waals surface area contributed by atoms with Gasteiger partial charge in [-0.25, -0.2) is 9.97 Å². The van der Waals surface area contributed by atoms with E-state index in [2.05, 4.69) is 9.97 Å². The van der Waals surface area contributed by atoms with Crippen molar-refractivity contribution in [3.8, 4) is 5.88 Å². The molecule has 0 radical (unpaired) electrons. The number of nitrogens with two attached hydrogens (primary N) is 1. The van der Waals surface area contributed by atoms with Crippen LogP contribution >= 0.6 is 0 Å². The molecule has 0 atom stereocenters. The quantitative estimate of drug-likeness (QED) is 0.704. The van der Waals surface area contributed by atoms with Gasteiger partial charge in [0.25, 0.3) is 0 Å². The standard InChI is InChI=1S/C8H13N3O/c1-2-12-8-5-7(3-4-9)10-6-11-8/h5-6H,2-4,9H2,1H3. The Bertz CT molecular complexity index is 218. The molecule has 0 spiro atoms. The maximum absolute atomic E-state index is 5.38. The number of hydrogen-bond acceptors (Lipinski definition) is 4. The molecule has 66 valence electrons. The summed E-state index contributed by atoms with van der Waals surface area (Å²) in [5.74, 6) is 0.621. The second kappa shape index (κ2) is 4.66. The Hall–Kier alpha value is -1.16. The molecule has 1 heterocycles. The van der Waals surface area contributed by atoms with Crippen LogP contribution in [0.15, 0.2) is 12.4 Å². The number of ether oxygens (including phenoxy) is 1. The fraction of sp³-hybridized carbons (Fsp3) is 0.500. The Labute approximate surface area is 71.8 Å². The Morgan fingerprint density at radius 1 is 1.50 bits per heavy atom. The molecule has 0 saturated carbocycles. The van der Waals surface area contributed by atoms with Gasteiger partial charge in [0, 0.05) is 18.2 Å². The highest BCUT2D eigenvalue weighted by atomic mass is 16.5. The van der Waals surface area contributed by atoms with E-state index in [1.54, 1.807) is 0 Å². The first kappa shape index (κ1) is 8.93. The molecule has 4 heteroatoms. The summed E-state index contributed by atoms with van der Waals surface area (Å²) in [5, 5.41) is 0. The predicted octanol–water partition coefficient (Wildman–Crippen LogP) is 0.376. The molecule has 1 rings (SSSR count). The smallest absolute Gasteiger partial charge is 0.216 e. The minimum atomic E-state index is 0.600. The van der Waals surface area contributed by atoms with Gasteiger partial charge in [0.15, 0.2) is 0 Å². The molecule has 0 saturated heterocycles. The van der Waals surface area contributed by atoms with Crippen molar-refractivity contribution in [1.82, 2.24) is 9.97 Å². The van der Waals surface area contributed by atoms with E-state index in [0.29, 0.717) is 19.0 Å². The van der Waals surface area contributed by atoms with Crippen molar-refractivity contribution in [3.63, 3.8) is 0 Å². The van der Waals surface area contributed by atoms with Crippen LogP contribution in [0.4, 0.5) is 0 Å². The van der Waals surface area contributed by atoms with Crippen LogP contribution in [-0.2, 0) is 6.42 Å². The summed E-state index contributed by atoms with van der Waals surface area (Å²) in [6.45, 7) is 3.15. The topological polar surface area (TPSA) is 61.0 Å². The number of hydrogen-bond donors (Lipinski definition) is 1. The van der Waals surface area contributed by atoms with Gasteiger partial charge >= 0.3 is 0 Å². The van der Waals surface area contributed by atoms with Crippen molar-refractivity contribution in [3.05, 3.63) is 18.1 Å². The van der Waals surface area contributed by atoms with Gasteiger partial charge in [-0.2, -0.15) is 0 Å². The van der Waals surface area contributed by atoms with Crippen LogP contribution in [0.3, 0.4) is 0 Å². The van der Waals surface area contributed by atoms with E-state index in [1.807, 2.05) is 13.0 Å². The van der Waals surface area contributed by atoms with Crippen LogP contribution < -0.4 is 10.5 Å². The molecule has 2 N–H and O–H groups in total. The molecule has 0 aliphatic carbocycles. The molecule has 0 aliphatic heterocycles. The lowest BCUT2D eigenvalue weighted by Crippen LogP contribution is -2.05. The van der Waals surface area contributed by atoms with Gasteiger partial charge in [-0.3, -0.25) is 0 Å². The zero-order valence-corrected chi connectivity index (χ0v) is 7.16. The molecular formula is C8H13N3O. The molecule has 0 fully saturated rings. The van der Waals surface area contributed by atoms with Crippen molar-refractivity contribution >= 4 is 0 Å². The number of rotatable bonds is 4. The van der Waals surface area contributed by atoms with Crippen LogP contribution in [0.1, 0.15) is 12.6 Å². The van der Waals surface area contributed by atoms with Crippen LogP contribution in [0.25, 0.3) is 0 Å². The van der Waals surface area contributed by atoms with Gasteiger partial charge < -0.3 is 10.5 Å². The van der Waals surface area contributed by atoms with E-state index in [9.17, 15) is 0 Å². The van der Waals surface area contributed by atoms with Crippen molar-refractivity contribution in [1.29, 1.82) is 0 Å².